The van der Waals surface area contributed by atoms with Crippen LogP contribution < -0.4 is 9.80 Å². The lowest BCUT2D eigenvalue weighted by molar-refractivity contribution is -0.110. The topological polar surface area (TPSA) is 23.6 Å². The van der Waals surface area contributed by atoms with Crippen LogP contribution in [0, 0.1) is 13.8 Å². The van der Waals surface area contributed by atoms with Crippen LogP contribution in [0.5, 0.6) is 0 Å². The van der Waals surface area contributed by atoms with Gasteiger partial charge >= 0.3 is 0 Å². The van der Waals surface area contributed by atoms with Gasteiger partial charge in [-0.1, -0.05) is 24.3 Å². The Hall–Kier alpha value is -2.81. The van der Waals surface area contributed by atoms with Crippen molar-refractivity contribution in [3.05, 3.63) is 70.8 Å². The molecule has 0 aliphatic rings. The van der Waals surface area contributed by atoms with Gasteiger partial charge in [-0.05, 0) is 72.5 Å². The standard InChI is InChI=1S/C23H28N2O/c1-17-15-21(24(3)4)11-7-19(17)9-13-23(26)14-10-20-8-12-22(25(5)6)16-18(20)2/h7-16H,1-6H3. The molecular formula is C23H28N2O. The molecule has 136 valence electrons. The van der Waals surface area contributed by atoms with E-state index in [1.165, 1.54) is 0 Å². The average molecular weight is 348 g/mol. The number of benzene rings is 2. The highest BCUT2D eigenvalue weighted by Gasteiger charge is 2.01. The highest BCUT2D eigenvalue weighted by molar-refractivity contribution is 6.04. The van der Waals surface area contributed by atoms with Crippen molar-refractivity contribution in [1.29, 1.82) is 0 Å². The van der Waals surface area contributed by atoms with Gasteiger partial charge < -0.3 is 9.80 Å². The van der Waals surface area contributed by atoms with Crippen LogP contribution >= 0.6 is 0 Å². The van der Waals surface area contributed by atoms with E-state index < -0.39 is 0 Å². The van der Waals surface area contributed by atoms with Gasteiger partial charge in [0, 0.05) is 39.6 Å². The van der Waals surface area contributed by atoms with E-state index in [1.54, 1.807) is 12.2 Å². The van der Waals surface area contributed by atoms with E-state index in [-0.39, 0.29) is 5.78 Å². The molecule has 0 aliphatic heterocycles. The van der Waals surface area contributed by atoms with E-state index >= 15 is 0 Å². The predicted octanol–water partition coefficient (Wildman–Crippen LogP) is 4.73. The maximum Gasteiger partial charge on any atom is 0.178 e. The maximum atomic E-state index is 12.2. The fraction of sp³-hybridized carbons (Fsp3) is 0.261. The van der Waals surface area contributed by atoms with Gasteiger partial charge in [0.2, 0.25) is 0 Å². The van der Waals surface area contributed by atoms with E-state index in [1.807, 2.05) is 52.5 Å². The number of carbonyl (C=O) groups is 1. The number of rotatable bonds is 6. The molecule has 0 atom stereocenters. The van der Waals surface area contributed by atoms with Gasteiger partial charge in [-0.2, -0.15) is 0 Å². The van der Waals surface area contributed by atoms with Crippen molar-refractivity contribution in [3.63, 3.8) is 0 Å². The molecule has 26 heavy (non-hydrogen) atoms. The minimum atomic E-state index is -0.0165. The molecule has 2 aromatic rings. The maximum absolute atomic E-state index is 12.2. The lowest BCUT2D eigenvalue weighted by Gasteiger charge is -2.14. The highest BCUT2D eigenvalue weighted by Crippen LogP contribution is 2.19. The molecule has 0 amide bonds. The van der Waals surface area contributed by atoms with Crippen LogP contribution in [-0.4, -0.2) is 34.0 Å². The Balaban J connectivity index is 2.09. The number of hydrogen-bond acceptors (Lipinski definition) is 3. The van der Waals surface area contributed by atoms with Crippen LogP contribution in [0.25, 0.3) is 12.2 Å². The summed E-state index contributed by atoms with van der Waals surface area (Å²) < 4.78 is 0. The molecule has 0 radical (unpaired) electrons. The first-order valence-corrected chi connectivity index (χ1v) is 8.74. The van der Waals surface area contributed by atoms with Gasteiger partial charge in [0.05, 0.1) is 0 Å². The predicted molar refractivity (Wildman–Crippen MR) is 114 cm³/mol. The lowest BCUT2D eigenvalue weighted by atomic mass is 10.1. The van der Waals surface area contributed by atoms with Gasteiger partial charge in [0.15, 0.2) is 5.78 Å². The Morgan fingerprint density at radius 1 is 0.731 bits per heavy atom. The number of ketones is 1. The van der Waals surface area contributed by atoms with Gasteiger partial charge in [-0.15, -0.1) is 0 Å². The largest absolute Gasteiger partial charge is 0.378 e. The molecule has 0 heterocycles. The summed E-state index contributed by atoms with van der Waals surface area (Å²) in [5, 5.41) is 0. The van der Waals surface area contributed by atoms with Crippen molar-refractivity contribution >= 4 is 29.3 Å². The zero-order valence-corrected chi connectivity index (χ0v) is 16.6. The van der Waals surface area contributed by atoms with Gasteiger partial charge in [0.25, 0.3) is 0 Å². The number of aryl methyl sites for hydroxylation is 2. The molecule has 0 spiro atoms. The van der Waals surface area contributed by atoms with Crippen molar-refractivity contribution in [1.82, 2.24) is 0 Å². The number of anilines is 2. The molecule has 0 aliphatic carbocycles. The molecule has 3 nitrogen and oxygen atoms in total. The van der Waals surface area contributed by atoms with Gasteiger partial charge in [-0.3, -0.25) is 4.79 Å². The fourth-order valence-corrected chi connectivity index (χ4v) is 2.65. The molecule has 0 fully saturated rings. The second-order valence-corrected chi connectivity index (χ2v) is 6.94. The van der Waals surface area contributed by atoms with Crippen LogP contribution in [0.15, 0.2) is 48.6 Å². The first-order valence-electron chi connectivity index (χ1n) is 8.74. The molecule has 0 unspecified atom stereocenters. The normalized spacial score (nSPS) is 11.3. The van der Waals surface area contributed by atoms with E-state index in [2.05, 4.69) is 47.9 Å². The Morgan fingerprint density at radius 2 is 1.12 bits per heavy atom. The van der Waals surface area contributed by atoms with Crippen molar-refractivity contribution < 1.29 is 4.79 Å². The average Bonchev–Trinajstić information content (AvgIpc) is 2.59. The van der Waals surface area contributed by atoms with Gasteiger partial charge in [0.1, 0.15) is 0 Å². The number of allylic oxidation sites excluding steroid dienone is 2. The molecule has 3 heteroatoms. The smallest absolute Gasteiger partial charge is 0.178 e. The number of hydrogen-bond donors (Lipinski definition) is 0. The van der Waals surface area contributed by atoms with Crippen molar-refractivity contribution in [2.75, 3.05) is 38.0 Å². The summed E-state index contributed by atoms with van der Waals surface area (Å²) in [6.07, 6.45) is 7.00. The molecule has 0 bridgehead atoms. The van der Waals surface area contributed by atoms with E-state index in [0.29, 0.717) is 0 Å². The fourth-order valence-electron chi connectivity index (χ4n) is 2.65. The summed E-state index contributed by atoms with van der Waals surface area (Å²) in [4.78, 5) is 16.3. The summed E-state index contributed by atoms with van der Waals surface area (Å²) in [5.74, 6) is -0.0165. The minimum Gasteiger partial charge on any atom is -0.378 e. The van der Waals surface area contributed by atoms with E-state index in [4.69, 9.17) is 0 Å². The molecule has 2 rings (SSSR count). The van der Waals surface area contributed by atoms with Crippen LogP contribution in [-0.2, 0) is 4.79 Å². The number of nitrogens with zero attached hydrogens (tertiary/aromatic N) is 2. The molecule has 0 saturated heterocycles. The third kappa shape index (κ3) is 5.09. The zero-order chi connectivity index (χ0) is 19.3. The van der Waals surface area contributed by atoms with E-state index in [0.717, 1.165) is 33.6 Å². The van der Waals surface area contributed by atoms with Crippen molar-refractivity contribution in [2.24, 2.45) is 0 Å². The highest BCUT2D eigenvalue weighted by atomic mass is 16.1. The Bertz CT molecular complexity index is 776. The van der Waals surface area contributed by atoms with Crippen molar-refractivity contribution in [3.8, 4) is 0 Å². The first kappa shape index (κ1) is 19.5. The second kappa shape index (κ2) is 8.52. The molecule has 0 N–H and O–H groups in total. The van der Waals surface area contributed by atoms with Crippen LogP contribution in [0.4, 0.5) is 11.4 Å². The summed E-state index contributed by atoms with van der Waals surface area (Å²) in [5.41, 5.74) is 6.73. The van der Waals surface area contributed by atoms with Crippen molar-refractivity contribution in [2.45, 2.75) is 13.8 Å². The zero-order valence-electron chi connectivity index (χ0n) is 16.6. The second-order valence-electron chi connectivity index (χ2n) is 6.94. The summed E-state index contributed by atoms with van der Waals surface area (Å²) in [7, 11) is 8.08. The summed E-state index contributed by atoms with van der Waals surface area (Å²) in [6, 6.07) is 12.4. The minimum absolute atomic E-state index is 0.0165. The molecule has 0 aromatic heterocycles. The van der Waals surface area contributed by atoms with Crippen LogP contribution in [0.2, 0.25) is 0 Å². The quantitative estimate of drug-likeness (QED) is 0.705. The van der Waals surface area contributed by atoms with Gasteiger partial charge in [-0.25, -0.2) is 0 Å². The number of carbonyl (C=O) groups excluding carboxylic acids is 1. The van der Waals surface area contributed by atoms with Crippen LogP contribution in [0.1, 0.15) is 22.3 Å². The first-order chi connectivity index (χ1) is 12.3. The van der Waals surface area contributed by atoms with Crippen LogP contribution in [0.3, 0.4) is 0 Å². The summed E-state index contributed by atoms with van der Waals surface area (Å²) in [6.45, 7) is 4.12. The molecule has 2 aromatic carbocycles. The SMILES string of the molecule is Cc1cc(N(C)C)ccc1C=CC(=O)C=Cc1ccc(N(C)C)cc1C. The Kier molecular flexibility index (Phi) is 6.40. The lowest BCUT2D eigenvalue weighted by Crippen LogP contribution is -2.08. The molecule has 0 saturated carbocycles. The molecular weight excluding hydrogens is 320 g/mol. The monoisotopic (exact) mass is 348 g/mol. The Morgan fingerprint density at radius 3 is 1.42 bits per heavy atom. The van der Waals surface area contributed by atoms with E-state index in [9.17, 15) is 4.79 Å². The third-order valence-corrected chi connectivity index (χ3v) is 4.39. The Labute approximate surface area is 157 Å². The third-order valence-electron chi connectivity index (χ3n) is 4.39. The summed E-state index contributed by atoms with van der Waals surface area (Å²) >= 11 is 0.